The second-order valence-electron chi connectivity index (χ2n) is 13.0. The predicted octanol–water partition coefficient (Wildman–Crippen LogP) is 14.5. The van der Waals surface area contributed by atoms with Crippen LogP contribution in [0.15, 0.2) is 194 Å². The molecule has 0 unspecified atom stereocenters. The van der Waals surface area contributed by atoms with Crippen LogP contribution in [0.4, 0.5) is 16.4 Å². The molecule has 0 bridgehead atoms. The largest absolute Gasteiger partial charge is 0.308 e. The Labute approximate surface area is 310 Å². The van der Waals surface area contributed by atoms with Gasteiger partial charge in [-0.3, -0.25) is 0 Å². The molecule has 4 heteroatoms. The standard InChI is InChI=1S/C48H32N2S2/c1-3-11-33(12-4-1)36-19-24-39(25-20-36)49(41-28-23-35-15-7-8-16-38(35)31-41)47-30-29-45(51-47)46-32-44-48(52-46)42-17-9-10-18-43(42)50(44)40-26-21-37(22-27-40)34-13-5-2-6-14-34/h1-32H. The van der Waals surface area contributed by atoms with Crippen LogP contribution in [0.2, 0.25) is 0 Å². The summed E-state index contributed by atoms with van der Waals surface area (Å²) in [5.41, 5.74) is 10.8. The van der Waals surface area contributed by atoms with Crippen molar-refractivity contribution in [3.05, 3.63) is 194 Å². The highest BCUT2D eigenvalue weighted by Crippen LogP contribution is 2.47. The minimum Gasteiger partial charge on any atom is -0.308 e. The Morgan fingerprint density at radius 1 is 0.385 bits per heavy atom. The van der Waals surface area contributed by atoms with Crippen LogP contribution in [0, 0.1) is 0 Å². The van der Waals surface area contributed by atoms with Crippen LogP contribution < -0.4 is 4.90 Å². The van der Waals surface area contributed by atoms with E-state index in [1.54, 1.807) is 0 Å². The molecule has 246 valence electrons. The lowest BCUT2D eigenvalue weighted by Gasteiger charge is -2.24. The summed E-state index contributed by atoms with van der Waals surface area (Å²) in [5.74, 6) is 0. The Morgan fingerprint density at radius 3 is 1.71 bits per heavy atom. The zero-order chi connectivity index (χ0) is 34.4. The maximum Gasteiger partial charge on any atom is 0.101 e. The lowest BCUT2D eigenvalue weighted by molar-refractivity contribution is 1.18. The van der Waals surface area contributed by atoms with Gasteiger partial charge in [-0.2, -0.15) is 0 Å². The predicted molar refractivity (Wildman–Crippen MR) is 225 cm³/mol. The molecular weight excluding hydrogens is 669 g/mol. The maximum absolute atomic E-state index is 2.42. The number of thiophene rings is 2. The molecule has 10 rings (SSSR count). The normalized spacial score (nSPS) is 11.5. The first-order valence-electron chi connectivity index (χ1n) is 17.5. The Bertz CT molecular complexity index is 2830. The lowest BCUT2D eigenvalue weighted by Crippen LogP contribution is -2.08. The van der Waals surface area contributed by atoms with Crippen molar-refractivity contribution in [3.63, 3.8) is 0 Å². The number of para-hydroxylation sites is 1. The van der Waals surface area contributed by atoms with Crippen LogP contribution in [0.5, 0.6) is 0 Å². The van der Waals surface area contributed by atoms with Crippen molar-refractivity contribution < 1.29 is 0 Å². The molecule has 0 aliphatic carbocycles. The fourth-order valence-corrected chi connectivity index (χ4v) is 9.60. The van der Waals surface area contributed by atoms with E-state index in [9.17, 15) is 0 Å². The SMILES string of the molecule is c1ccc(-c2ccc(N(c3ccc4ccccc4c3)c3ccc(-c4cc5c(s4)c4ccccc4n5-c4ccc(-c5ccccc5)cc4)s3)cc2)cc1. The minimum atomic E-state index is 1.14. The molecule has 10 aromatic rings. The van der Waals surface area contributed by atoms with Crippen LogP contribution in [0.3, 0.4) is 0 Å². The highest BCUT2D eigenvalue weighted by molar-refractivity contribution is 7.27. The average Bonchev–Trinajstić information content (AvgIpc) is 3.94. The zero-order valence-corrected chi connectivity index (χ0v) is 29.8. The number of benzene rings is 7. The molecule has 3 aromatic heterocycles. The summed E-state index contributed by atoms with van der Waals surface area (Å²) < 4.78 is 3.74. The second kappa shape index (κ2) is 12.8. The van der Waals surface area contributed by atoms with Crippen molar-refractivity contribution in [2.45, 2.75) is 0 Å². The summed E-state index contributed by atoms with van der Waals surface area (Å²) >= 11 is 3.73. The molecule has 0 atom stereocenters. The molecule has 0 amide bonds. The van der Waals surface area contributed by atoms with Crippen molar-refractivity contribution in [1.29, 1.82) is 0 Å². The molecule has 0 saturated carbocycles. The smallest absolute Gasteiger partial charge is 0.101 e. The quantitative estimate of drug-likeness (QED) is 0.161. The van der Waals surface area contributed by atoms with Gasteiger partial charge in [-0.15, -0.1) is 22.7 Å². The third-order valence-electron chi connectivity index (χ3n) is 9.85. The fraction of sp³-hybridized carbons (Fsp3) is 0. The van der Waals surface area contributed by atoms with E-state index in [-0.39, 0.29) is 0 Å². The molecule has 52 heavy (non-hydrogen) atoms. The average molecular weight is 701 g/mol. The monoisotopic (exact) mass is 700 g/mol. The first-order valence-corrected chi connectivity index (χ1v) is 19.1. The third kappa shape index (κ3) is 5.41. The number of nitrogens with zero attached hydrogens (tertiary/aromatic N) is 2. The third-order valence-corrected chi connectivity index (χ3v) is 12.3. The molecule has 0 saturated heterocycles. The van der Waals surface area contributed by atoms with Crippen LogP contribution in [-0.2, 0) is 0 Å². The summed E-state index contributed by atoms with van der Waals surface area (Å²) in [6, 6.07) is 70.2. The maximum atomic E-state index is 2.42. The Kier molecular flexibility index (Phi) is 7.56. The Hall–Kier alpha value is -6.20. The van der Waals surface area contributed by atoms with Gasteiger partial charge < -0.3 is 9.47 Å². The van der Waals surface area contributed by atoms with E-state index in [4.69, 9.17) is 0 Å². The van der Waals surface area contributed by atoms with Crippen LogP contribution in [0.25, 0.3) is 69.6 Å². The topological polar surface area (TPSA) is 8.17 Å². The number of aromatic nitrogens is 1. The van der Waals surface area contributed by atoms with Gasteiger partial charge in [0, 0.05) is 32.2 Å². The molecule has 0 spiro atoms. The van der Waals surface area contributed by atoms with Gasteiger partial charge in [0.15, 0.2) is 0 Å². The van der Waals surface area contributed by atoms with E-state index in [2.05, 4.69) is 204 Å². The number of rotatable bonds is 7. The van der Waals surface area contributed by atoms with E-state index in [1.165, 1.54) is 74.6 Å². The molecule has 0 fully saturated rings. The van der Waals surface area contributed by atoms with Crippen molar-refractivity contribution in [2.75, 3.05) is 4.90 Å². The number of fused-ring (bicyclic) bond motifs is 4. The molecule has 0 aliphatic rings. The summed E-state index contributed by atoms with van der Waals surface area (Å²) in [6.45, 7) is 0. The van der Waals surface area contributed by atoms with Gasteiger partial charge in [0.2, 0.25) is 0 Å². The van der Waals surface area contributed by atoms with Crippen molar-refractivity contribution in [2.24, 2.45) is 0 Å². The Morgan fingerprint density at radius 2 is 0.981 bits per heavy atom. The second-order valence-corrected chi connectivity index (χ2v) is 15.1. The molecule has 0 aliphatic heterocycles. The van der Waals surface area contributed by atoms with E-state index in [1.807, 2.05) is 22.7 Å². The first-order chi connectivity index (χ1) is 25.8. The van der Waals surface area contributed by atoms with Gasteiger partial charge >= 0.3 is 0 Å². The van der Waals surface area contributed by atoms with E-state index < -0.39 is 0 Å². The first kappa shape index (κ1) is 30.6. The van der Waals surface area contributed by atoms with Crippen LogP contribution in [-0.4, -0.2) is 4.57 Å². The van der Waals surface area contributed by atoms with Gasteiger partial charge in [0.1, 0.15) is 5.00 Å². The molecule has 7 aromatic carbocycles. The van der Waals surface area contributed by atoms with Crippen LogP contribution in [0.1, 0.15) is 0 Å². The Balaban J connectivity index is 1.06. The van der Waals surface area contributed by atoms with Gasteiger partial charge in [0.05, 0.1) is 15.7 Å². The fourth-order valence-electron chi connectivity index (χ4n) is 7.30. The van der Waals surface area contributed by atoms with E-state index in [0.29, 0.717) is 0 Å². The molecule has 0 radical (unpaired) electrons. The minimum absolute atomic E-state index is 1.14. The lowest BCUT2D eigenvalue weighted by atomic mass is 10.0. The molecular formula is C48H32N2S2. The summed E-state index contributed by atoms with van der Waals surface area (Å²) in [6.07, 6.45) is 0. The van der Waals surface area contributed by atoms with Crippen molar-refractivity contribution in [1.82, 2.24) is 4.57 Å². The highest BCUT2D eigenvalue weighted by atomic mass is 32.1. The van der Waals surface area contributed by atoms with E-state index in [0.717, 1.165) is 11.4 Å². The summed E-state index contributed by atoms with van der Waals surface area (Å²) in [7, 11) is 0. The summed E-state index contributed by atoms with van der Waals surface area (Å²) in [5, 5.41) is 4.94. The molecule has 0 N–H and O–H groups in total. The van der Waals surface area contributed by atoms with E-state index >= 15 is 0 Å². The van der Waals surface area contributed by atoms with Crippen molar-refractivity contribution in [3.8, 4) is 37.7 Å². The number of hydrogen-bond acceptors (Lipinski definition) is 3. The summed E-state index contributed by atoms with van der Waals surface area (Å²) in [4.78, 5) is 4.93. The molecule has 3 heterocycles. The highest BCUT2D eigenvalue weighted by Gasteiger charge is 2.20. The number of hydrogen-bond donors (Lipinski definition) is 0. The van der Waals surface area contributed by atoms with Gasteiger partial charge in [-0.05, 0) is 93.7 Å². The van der Waals surface area contributed by atoms with Gasteiger partial charge in [-0.25, -0.2) is 0 Å². The van der Waals surface area contributed by atoms with Crippen LogP contribution >= 0.6 is 22.7 Å². The van der Waals surface area contributed by atoms with Gasteiger partial charge in [0.25, 0.3) is 0 Å². The van der Waals surface area contributed by atoms with Gasteiger partial charge in [-0.1, -0.05) is 133 Å². The zero-order valence-electron chi connectivity index (χ0n) is 28.2. The molecule has 2 nitrogen and oxygen atoms in total. The van der Waals surface area contributed by atoms with Crippen molar-refractivity contribution >= 4 is 70.9 Å². The number of anilines is 3.